The molecule has 0 unspecified atom stereocenters. The number of nitro groups is 2. The van der Waals surface area contributed by atoms with E-state index in [9.17, 15) is 20.2 Å². The number of nitro benzene ring substituents is 2. The van der Waals surface area contributed by atoms with Crippen molar-refractivity contribution in [3.63, 3.8) is 0 Å². The van der Waals surface area contributed by atoms with E-state index >= 15 is 0 Å². The Kier molecular flexibility index (Phi) is 9.10. The maximum atomic E-state index is 10.7. The third-order valence-electron chi connectivity index (χ3n) is 4.38. The van der Waals surface area contributed by atoms with E-state index in [1.165, 1.54) is 49.6 Å². The Morgan fingerprint density at radius 2 is 1.50 bits per heavy atom. The van der Waals surface area contributed by atoms with Gasteiger partial charge in [0.15, 0.2) is 0 Å². The van der Waals surface area contributed by atoms with E-state index < -0.39 is 9.85 Å². The van der Waals surface area contributed by atoms with Gasteiger partial charge >= 0.3 is 0 Å². The zero-order valence-corrected chi connectivity index (χ0v) is 17.5. The van der Waals surface area contributed by atoms with Crippen molar-refractivity contribution in [2.24, 2.45) is 0 Å². The number of piperidine rings is 1. The van der Waals surface area contributed by atoms with Gasteiger partial charge in [0, 0.05) is 18.7 Å². The molecule has 11 heteroatoms. The molecule has 0 aromatic heterocycles. The van der Waals surface area contributed by atoms with Crippen molar-refractivity contribution in [1.82, 2.24) is 4.90 Å². The molecule has 2 aromatic carbocycles. The number of ether oxygens (including phenoxy) is 1. The fraction of sp³-hybridized carbons (Fsp3) is 0.368. The van der Waals surface area contributed by atoms with Crippen LogP contribution in [0.3, 0.4) is 0 Å². The van der Waals surface area contributed by atoms with E-state index in [1.807, 2.05) is 0 Å². The number of hydrogen-bond donors (Lipinski definition) is 1. The Labute approximate surface area is 183 Å². The Morgan fingerprint density at radius 1 is 0.933 bits per heavy atom. The normalized spacial score (nSPS) is 13.8. The molecule has 0 bridgehead atoms. The quantitative estimate of drug-likeness (QED) is 0.474. The molecule has 30 heavy (non-hydrogen) atoms. The van der Waals surface area contributed by atoms with E-state index in [1.54, 1.807) is 0 Å². The second-order valence-electron chi connectivity index (χ2n) is 6.52. The van der Waals surface area contributed by atoms with Crippen molar-refractivity contribution in [2.75, 3.05) is 26.2 Å². The zero-order chi connectivity index (χ0) is 22.1. The van der Waals surface area contributed by atoms with E-state index in [4.69, 9.17) is 33.0 Å². The molecule has 0 amide bonds. The van der Waals surface area contributed by atoms with Crippen molar-refractivity contribution < 1.29 is 19.7 Å². The number of aromatic hydroxyl groups is 1. The first kappa shape index (κ1) is 23.7. The lowest BCUT2D eigenvalue weighted by Gasteiger charge is -2.26. The molecule has 1 aliphatic rings. The van der Waals surface area contributed by atoms with Crippen LogP contribution in [0.4, 0.5) is 11.4 Å². The highest BCUT2D eigenvalue weighted by Crippen LogP contribution is 2.29. The van der Waals surface area contributed by atoms with Crippen LogP contribution in [0, 0.1) is 20.2 Å². The second kappa shape index (κ2) is 11.5. The predicted molar refractivity (Wildman–Crippen MR) is 114 cm³/mol. The molecule has 3 rings (SSSR count). The molecule has 1 heterocycles. The van der Waals surface area contributed by atoms with Gasteiger partial charge in [-0.2, -0.15) is 0 Å². The van der Waals surface area contributed by atoms with Crippen molar-refractivity contribution in [3.05, 3.63) is 66.7 Å². The van der Waals surface area contributed by atoms with Crippen LogP contribution in [0.15, 0.2) is 36.4 Å². The van der Waals surface area contributed by atoms with E-state index in [0.29, 0.717) is 17.4 Å². The van der Waals surface area contributed by atoms with E-state index in [-0.39, 0.29) is 22.1 Å². The number of nitrogens with zero attached hydrogens (tertiary/aromatic N) is 3. The molecule has 2 aromatic rings. The van der Waals surface area contributed by atoms with E-state index in [0.717, 1.165) is 25.7 Å². The number of phenolic OH excluding ortho intramolecular Hbond substituents is 1. The van der Waals surface area contributed by atoms with Gasteiger partial charge < -0.3 is 9.84 Å². The first-order valence-corrected chi connectivity index (χ1v) is 9.95. The molecular weight excluding hydrogens is 437 g/mol. The van der Waals surface area contributed by atoms with Crippen LogP contribution in [0.2, 0.25) is 10.0 Å². The number of non-ortho nitro benzene ring substituents is 2. The smallest absolute Gasteiger partial charge is 0.273 e. The molecule has 1 saturated heterocycles. The molecule has 1 aliphatic heterocycles. The molecule has 0 radical (unpaired) electrons. The van der Waals surface area contributed by atoms with Crippen LogP contribution in [-0.4, -0.2) is 46.1 Å². The van der Waals surface area contributed by atoms with Gasteiger partial charge in [-0.3, -0.25) is 25.1 Å². The summed E-state index contributed by atoms with van der Waals surface area (Å²) in [6, 6.07) is 7.74. The minimum Gasteiger partial charge on any atom is -0.506 e. The average molecular weight is 458 g/mol. The van der Waals surface area contributed by atoms with Crippen LogP contribution >= 0.6 is 23.2 Å². The van der Waals surface area contributed by atoms with Crippen molar-refractivity contribution >= 4 is 34.6 Å². The Bertz CT molecular complexity index is 891. The highest BCUT2D eigenvalue weighted by molar-refractivity contribution is 6.32. The van der Waals surface area contributed by atoms with Gasteiger partial charge in [0.05, 0.1) is 32.0 Å². The van der Waals surface area contributed by atoms with Gasteiger partial charge in [-0.05, 0) is 38.1 Å². The minimum atomic E-state index is -0.601. The maximum absolute atomic E-state index is 10.7. The molecule has 0 aliphatic carbocycles. The standard InChI is InChI=1S/C13H17ClN2O3.C6H4ClNO3/c14-12-5-4-11(16(17)18)10-13(12)19-9-8-15-6-2-1-3-7-15;7-5-2-1-4(8(10)11)3-6(5)9/h4-5,10H,1-3,6-9H2;1-3,9H. The monoisotopic (exact) mass is 457 g/mol. The fourth-order valence-corrected chi connectivity index (χ4v) is 3.09. The number of likely N-dealkylation sites (tertiary alicyclic amines) is 1. The first-order valence-electron chi connectivity index (χ1n) is 9.20. The lowest BCUT2D eigenvalue weighted by Crippen LogP contribution is -2.33. The number of benzene rings is 2. The molecule has 1 fully saturated rings. The SMILES string of the molecule is O=[N+]([O-])c1ccc(Cl)c(O)c1.O=[N+]([O-])c1ccc(Cl)c(OCCN2CCCCC2)c1. The van der Waals surface area contributed by atoms with Crippen LogP contribution < -0.4 is 4.74 Å². The van der Waals surface area contributed by atoms with Gasteiger partial charge in [-0.25, -0.2) is 0 Å². The molecule has 0 atom stereocenters. The molecule has 162 valence electrons. The highest BCUT2D eigenvalue weighted by Gasteiger charge is 2.13. The average Bonchev–Trinajstić information content (AvgIpc) is 2.72. The number of phenols is 1. The van der Waals surface area contributed by atoms with Crippen LogP contribution in [0.5, 0.6) is 11.5 Å². The highest BCUT2D eigenvalue weighted by atomic mass is 35.5. The first-order chi connectivity index (χ1) is 14.3. The lowest BCUT2D eigenvalue weighted by atomic mass is 10.1. The van der Waals surface area contributed by atoms with Crippen LogP contribution in [-0.2, 0) is 0 Å². The zero-order valence-electron chi connectivity index (χ0n) is 16.0. The topological polar surface area (TPSA) is 119 Å². The van der Waals surface area contributed by atoms with Crippen molar-refractivity contribution in [1.29, 1.82) is 0 Å². The van der Waals surface area contributed by atoms with Crippen LogP contribution in [0.25, 0.3) is 0 Å². The van der Waals surface area contributed by atoms with Gasteiger partial charge in [0.25, 0.3) is 11.4 Å². The van der Waals surface area contributed by atoms with Crippen molar-refractivity contribution in [2.45, 2.75) is 19.3 Å². The molecule has 9 nitrogen and oxygen atoms in total. The molecular formula is C19H21Cl2N3O6. The second-order valence-corrected chi connectivity index (χ2v) is 7.33. The number of rotatable bonds is 6. The van der Waals surface area contributed by atoms with Crippen molar-refractivity contribution in [3.8, 4) is 11.5 Å². The van der Waals surface area contributed by atoms with Gasteiger partial charge in [0.1, 0.15) is 18.1 Å². The molecule has 1 N–H and O–H groups in total. The Morgan fingerprint density at radius 3 is 2.07 bits per heavy atom. The summed E-state index contributed by atoms with van der Waals surface area (Å²) < 4.78 is 5.55. The third-order valence-corrected chi connectivity index (χ3v) is 5.01. The Hall–Kier alpha value is -2.62. The Balaban J connectivity index is 0.000000248. The summed E-state index contributed by atoms with van der Waals surface area (Å²) >= 11 is 11.4. The molecule has 0 spiro atoms. The molecule has 0 saturated carbocycles. The van der Waals surface area contributed by atoms with Gasteiger partial charge in [-0.1, -0.05) is 29.6 Å². The number of halogens is 2. The third kappa shape index (κ3) is 7.33. The van der Waals surface area contributed by atoms with Gasteiger partial charge in [-0.15, -0.1) is 0 Å². The lowest BCUT2D eigenvalue weighted by molar-refractivity contribution is -0.385. The fourth-order valence-electron chi connectivity index (χ4n) is 2.80. The largest absolute Gasteiger partial charge is 0.506 e. The van der Waals surface area contributed by atoms with Crippen LogP contribution in [0.1, 0.15) is 19.3 Å². The summed E-state index contributed by atoms with van der Waals surface area (Å²) in [5.74, 6) is 0.105. The summed E-state index contributed by atoms with van der Waals surface area (Å²) in [5, 5.41) is 30.2. The summed E-state index contributed by atoms with van der Waals surface area (Å²) in [6.45, 7) is 3.54. The predicted octanol–water partition coefficient (Wildman–Crippen LogP) is 5.07. The maximum Gasteiger partial charge on any atom is 0.273 e. The van der Waals surface area contributed by atoms with E-state index in [2.05, 4.69) is 4.90 Å². The minimum absolute atomic E-state index is 0.00243. The number of hydrogen-bond acceptors (Lipinski definition) is 7. The van der Waals surface area contributed by atoms with Gasteiger partial charge in [0.2, 0.25) is 0 Å². The summed E-state index contributed by atoms with van der Waals surface area (Å²) in [5.41, 5.74) is -0.177. The summed E-state index contributed by atoms with van der Waals surface area (Å²) in [6.07, 6.45) is 3.77. The summed E-state index contributed by atoms with van der Waals surface area (Å²) in [7, 11) is 0. The summed E-state index contributed by atoms with van der Waals surface area (Å²) in [4.78, 5) is 22.1.